The molecule has 2 amide bonds. The first-order valence-corrected chi connectivity index (χ1v) is 9.89. The summed E-state index contributed by atoms with van der Waals surface area (Å²) in [4.78, 5) is 26.4. The molecule has 1 saturated heterocycles. The predicted molar refractivity (Wildman–Crippen MR) is 109 cm³/mol. The molecule has 1 fully saturated rings. The van der Waals surface area contributed by atoms with Gasteiger partial charge in [0.15, 0.2) is 0 Å². The average molecular weight is 401 g/mol. The van der Waals surface area contributed by atoms with E-state index >= 15 is 0 Å². The van der Waals surface area contributed by atoms with E-state index in [-0.39, 0.29) is 17.9 Å². The van der Waals surface area contributed by atoms with Crippen LogP contribution in [0.25, 0.3) is 0 Å². The fourth-order valence-electron chi connectivity index (χ4n) is 3.43. The first-order valence-electron chi connectivity index (χ1n) is 9.51. The summed E-state index contributed by atoms with van der Waals surface area (Å²) in [5.41, 5.74) is 1.98. The molecule has 0 aliphatic carbocycles. The first kappa shape index (κ1) is 20.2. The lowest BCUT2D eigenvalue weighted by molar-refractivity contribution is -0.129. The number of aryl methyl sites for hydroxylation is 1. The third kappa shape index (κ3) is 5.26. The maximum absolute atomic E-state index is 12.6. The Balaban J connectivity index is 1.62. The molecule has 1 unspecified atom stereocenters. The second kappa shape index (κ2) is 9.60. The number of hydrogen-bond acceptors (Lipinski definition) is 3. The van der Waals surface area contributed by atoms with Crippen LogP contribution in [0.5, 0.6) is 5.75 Å². The van der Waals surface area contributed by atoms with Gasteiger partial charge in [-0.2, -0.15) is 0 Å². The molecular formula is C22H25ClN2O3. The lowest BCUT2D eigenvalue weighted by Crippen LogP contribution is -2.38. The van der Waals surface area contributed by atoms with Crippen LogP contribution in [-0.2, 0) is 16.0 Å². The van der Waals surface area contributed by atoms with Crippen LogP contribution in [0.4, 0.5) is 0 Å². The summed E-state index contributed by atoms with van der Waals surface area (Å²) in [6.07, 6.45) is 2.40. The van der Waals surface area contributed by atoms with Crippen molar-refractivity contribution in [1.29, 1.82) is 0 Å². The molecule has 148 valence electrons. The Kier molecular flexibility index (Phi) is 6.93. The van der Waals surface area contributed by atoms with Crippen LogP contribution >= 0.6 is 11.6 Å². The zero-order chi connectivity index (χ0) is 19.9. The highest BCUT2D eigenvalue weighted by Crippen LogP contribution is 2.25. The van der Waals surface area contributed by atoms with Crippen LogP contribution in [0.1, 0.15) is 36.4 Å². The van der Waals surface area contributed by atoms with Gasteiger partial charge in [0.2, 0.25) is 11.8 Å². The van der Waals surface area contributed by atoms with Crippen molar-refractivity contribution >= 4 is 23.4 Å². The lowest BCUT2D eigenvalue weighted by Gasteiger charge is -2.25. The number of methoxy groups -OCH3 is 1. The van der Waals surface area contributed by atoms with Crippen molar-refractivity contribution in [3.63, 3.8) is 0 Å². The highest BCUT2D eigenvalue weighted by molar-refractivity contribution is 6.32. The van der Waals surface area contributed by atoms with E-state index < -0.39 is 0 Å². The predicted octanol–water partition coefficient (Wildman–Crippen LogP) is 3.76. The van der Waals surface area contributed by atoms with E-state index in [1.807, 2.05) is 47.4 Å². The van der Waals surface area contributed by atoms with Crippen LogP contribution in [0.3, 0.4) is 0 Å². The number of likely N-dealkylation sites (tertiary alicyclic amines) is 1. The van der Waals surface area contributed by atoms with Gasteiger partial charge in [-0.3, -0.25) is 9.59 Å². The smallest absolute Gasteiger partial charge is 0.222 e. The van der Waals surface area contributed by atoms with Crippen molar-refractivity contribution < 1.29 is 14.3 Å². The summed E-state index contributed by atoms with van der Waals surface area (Å²) < 4.78 is 5.16. The molecule has 0 saturated carbocycles. The quantitative estimate of drug-likeness (QED) is 0.733. The second-order valence-corrected chi connectivity index (χ2v) is 7.35. The number of carbonyl (C=O) groups is 2. The Morgan fingerprint density at radius 3 is 2.68 bits per heavy atom. The number of ether oxygens (including phenoxy) is 1. The number of amides is 2. The zero-order valence-corrected chi connectivity index (χ0v) is 16.7. The molecule has 3 rings (SSSR count). The Labute approximate surface area is 170 Å². The zero-order valence-electron chi connectivity index (χ0n) is 16.0. The van der Waals surface area contributed by atoms with E-state index in [4.69, 9.17) is 16.3 Å². The van der Waals surface area contributed by atoms with Crippen molar-refractivity contribution in [2.45, 2.75) is 31.7 Å². The van der Waals surface area contributed by atoms with Crippen molar-refractivity contribution in [1.82, 2.24) is 10.2 Å². The third-order valence-corrected chi connectivity index (χ3v) is 5.26. The number of hydrogen-bond donors (Lipinski definition) is 1. The van der Waals surface area contributed by atoms with Crippen molar-refractivity contribution in [3.05, 3.63) is 64.7 Å². The SMILES string of the molecule is COc1ccc(CCC(=O)NC(CN2CCCC2=O)c2ccccc2)cc1Cl. The van der Waals surface area contributed by atoms with E-state index in [1.54, 1.807) is 13.2 Å². The number of benzene rings is 2. The van der Waals surface area contributed by atoms with Crippen molar-refractivity contribution in [2.24, 2.45) is 0 Å². The number of carbonyl (C=O) groups excluding carboxylic acids is 2. The maximum atomic E-state index is 12.6. The molecule has 1 N–H and O–H groups in total. The van der Waals surface area contributed by atoms with E-state index in [2.05, 4.69) is 5.32 Å². The largest absolute Gasteiger partial charge is 0.495 e. The van der Waals surface area contributed by atoms with Crippen LogP contribution < -0.4 is 10.1 Å². The minimum Gasteiger partial charge on any atom is -0.495 e. The number of nitrogens with zero attached hydrogens (tertiary/aromatic N) is 1. The van der Waals surface area contributed by atoms with Gasteiger partial charge in [0.05, 0.1) is 18.2 Å². The average Bonchev–Trinajstić information content (AvgIpc) is 3.11. The van der Waals surface area contributed by atoms with Gasteiger partial charge in [-0.25, -0.2) is 0 Å². The monoisotopic (exact) mass is 400 g/mol. The molecule has 5 nitrogen and oxygen atoms in total. The number of halogens is 1. The summed E-state index contributed by atoms with van der Waals surface area (Å²) in [5, 5.41) is 3.63. The van der Waals surface area contributed by atoms with Crippen LogP contribution in [0, 0.1) is 0 Å². The first-order chi connectivity index (χ1) is 13.6. The molecule has 1 aliphatic heterocycles. The molecule has 2 aromatic carbocycles. The molecule has 6 heteroatoms. The molecule has 1 atom stereocenters. The normalized spacial score (nSPS) is 14.8. The topological polar surface area (TPSA) is 58.6 Å². The van der Waals surface area contributed by atoms with Gasteiger partial charge in [-0.05, 0) is 36.1 Å². The maximum Gasteiger partial charge on any atom is 0.222 e. The highest BCUT2D eigenvalue weighted by Gasteiger charge is 2.25. The molecule has 1 aliphatic rings. The minimum atomic E-state index is -0.213. The number of nitrogens with one attached hydrogen (secondary N) is 1. The van der Waals surface area contributed by atoms with Gasteiger partial charge in [0.1, 0.15) is 5.75 Å². The molecule has 28 heavy (non-hydrogen) atoms. The van der Waals surface area contributed by atoms with Gasteiger partial charge in [0.25, 0.3) is 0 Å². The summed E-state index contributed by atoms with van der Waals surface area (Å²) >= 11 is 6.16. The number of rotatable bonds is 8. The molecular weight excluding hydrogens is 376 g/mol. The minimum absolute atomic E-state index is 0.0487. The fraction of sp³-hybridized carbons (Fsp3) is 0.364. The fourth-order valence-corrected chi connectivity index (χ4v) is 3.71. The summed E-state index contributed by atoms with van der Waals surface area (Å²) in [5.74, 6) is 0.727. The molecule has 0 bridgehead atoms. The molecule has 0 spiro atoms. The van der Waals surface area contributed by atoms with E-state index in [9.17, 15) is 9.59 Å². The van der Waals surface area contributed by atoms with Gasteiger partial charge < -0.3 is 15.0 Å². The summed E-state index contributed by atoms with van der Waals surface area (Å²) in [6, 6.07) is 15.1. The van der Waals surface area contributed by atoms with Gasteiger partial charge in [-0.1, -0.05) is 48.0 Å². The van der Waals surface area contributed by atoms with E-state index in [0.717, 1.165) is 24.1 Å². The highest BCUT2D eigenvalue weighted by atomic mass is 35.5. The third-order valence-electron chi connectivity index (χ3n) is 4.97. The molecule has 0 radical (unpaired) electrons. The summed E-state index contributed by atoms with van der Waals surface area (Å²) in [6.45, 7) is 1.26. The molecule has 1 heterocycles. The van der Waals surface area contributed by atoms with Crippen LogP contribution in [0.15, 0.2) is 48.5 Å². The van der Waals surface area contributed by atoms with Gasteiger partial charge in [-0.15, -0.1) is 0 Å². The Hall–Kier alpha value is -2.53. The van der Waals surface area contributed by atoms with E-state index in [1.165, 1.54) is 0 Å². The van der Waals surface area contributed by atoms with Crippen LogP contribution in [0.2, 0.25) is 5.02 Å². The van der Waals surface area contributed by atoms with Gasteiger partial charge in [0, 0.05) is 25.9 Å². The van der Waals surface area contributed by atoms with E-state index in [0.29, 0.717) is 36.6 Å². The Morgan fingerprint density at radius 2 is 2.04 bits per heavy atom. The molecule has 2 aromatic rings. The van der Waals surface area contributed by atoms with Crippen LogP contribution in [-0.4, -0.2) is 36.9 Å². The van der Waals surface area contributed by atoms with Crippen molar-refractivity contribution in [3.8, 4) is 5.75 Å². The second-order valence-electron chi connectivity index (χ2n) is 6.94. The van der Waals surface area contributed by atoms with Crippen molar-refractivity contribution in [2.75, 3.05) is 20.2 Å². The Bertz CT molecular complexity index is 826. The summed E-state index contributed by atoms with van der Waals surface area (Å²) in [7, 11) is 1.57. The Morgan fingerprint density at radius 1 is 1.25 bits per heavy atom. The lowest BCUT2D eigenvalue weighted by atomic mass is 10.1. The van der Waals surface area contributed by atoms with Gasteiger partial charge >= 0.3 is 0 Å². The standard InChI is InChI=1S/C22H25ClN2O3/c1-28-20-11-9-16(14-18(20)23)10-12-21(26)24-19(17-6-3-2-4-7-17)15-25-13-5-8-22(25)27/h2-4,6-7,9,11,14,19H,5,8,10,12-13,15H2,1H3,(H,24,26). The molecule has 0 aromatic heterocycles.